The summed E-state index contributed by atoms with van der Waals surface area (Å²) in [4.78, 5) is 222. The van der Waals surface area contributed by atoms with E-state index in [1.165, 1.54) is 62.5 Å². The minimum Gasteiger partial charge on any atom is -0.394 e. The van der Waals surface area contributed by atoms with Crippen molar-refractivity contribution < 1.29 is 96.7 Å². The Balaban J connectivity index is 0.941. The lowest BCUT2D eigenvalue weighted by Gasteiger charge is -2.31. The molecule has 0 aliphatic carbocycles. The lowest BCUT2D eigenvalue weighted by atomic mass is 9.99. The van der Waals surface area contributed by atoms with Crippen molar-refractivity contribution in [3.05, 3.63) is 89.5 Å². The van der Waals surface area contributed by atoms with Crippen LogP contribution in [-0.4, -0.2) is 310 Å². The number of H-pyrrole nitrogens is 2. The van der Waals surface area contributed by atoms with Crippen LogP contribution in [0.5, 0.6) is 0 Å². The van der Waals surface area contributed by atoms with Crippen LogP contribution in [0.3, 0.4) is 0 Å². The number of benzene rings is 2. The van der Waals surface area contributed by atoms with Gasteiger partial charge in [0.25, 0.3) is 0 Å². The summed E-state index contributed by atoms with van der Waals surface area (Å²) in [5, 5.41) is 89.0. The highest BCUT2D eigenvalue weighted by Gasteiger charge is 2.44. The zero-order valence-electron chi connectivity index (χ0n) is 78.5. The number of hydrogen-bond acceptors (Lipinski definition) is 26. The van der Waals surface area contributed by atoms with Gasteiger partial charge in [-0.05, 0) is 99.0 Å². The number of tetrazole rings is 1. The molecule has 3 aliphatic heterocycles. The van der Waals surface area contributed by atoms with Gasteiger partial charge in [-0.1, -0.05) is 152 Å². The lowest BCUT2D eigenvalue weighted by Crippen LogP contribution is -2.61. The topological polar surface area (TPSA) is 657 Å². The number of aromatic amines is 2. The van der Waals surface area contributed by atoms with E-state index in [9.17, 15) is 72.9 Å². The molecule has 4 aromatic rings. The predicted octanol–water partition coefficient (Wildman–Crippen LogP) is -1.35. The van der Waals surface area contributed by atoms with E-state index < -0.39 is 200 Å². The van der Waals surface area contributed by atoms with Crippen LogP contribution in [0.25, 0.3) is 10.9 Å². The number of unbranched alkanes of at least 4 members (excludes halogenated alkanes) is 12. The number of aliphatic hydroxyl groups is 3. The number of fused-ring (bicyclic) bond motifs is 2. The Hall–Kier alpha value is -12.3. The second-order valence-electron chi connectivity index (χ2n) is 35.3. The van der Waals surface area contributed by atoms with E-state index in [1.807, 2.05) is 18.2 Å². The summed E-state index contributed by atoms with van der Waals surface area (Å²) >= 11 is 0. The van der Waals surface area contributed by atoms with Gasteiger partial charge in [0.15, 0.2) is 5.96 Å². The van der Waals surface area contributed by atoms with Crippen molar-refractivity contribution in [2.75, 3.05) is 86.5 Å². The fourth-order valence-electron chi connectivity index (χ4n) is 16.0. The van der Waals surface area contributed by atoms with Gasteiger partial charge in [-0.25, -0.2) is 5.10 Å². The molecule has 2 aromatic heterocycles. The molecule has 44 heteroatoms. The fraction of sp³-hybridized carbons (Fsp3) is 0.630. The van der Waals surface area contributed by atoms with Crippen molar-refractivity contribution in [1.82, 2.24) is 105 Å². The van der Waals surface area contributed by atoms with Gasteiger partial charge in [-0.2, -0.15) is 0 Å². The molecule has 5 heterocycles. The van der Waals surface area contributed by atoms with E-state index in [4.69, 9.17) is 26.4 Å². The van der Waals surface area contributed by atoms with E-state index in [-0.39, 0.29) is 122 Å². The normalized spacial score (nSPS) is 19.4. The standard InChI is InChI=1S/C92H142N24O20/c1-58(2)46-69(83(126)104-68-39-38-62(119)31-20-17-21-34-66(81(93)124)102-85(128)71(48-60-51-99-65-33-25-24-32-64(60)65)106-82(125)67(35-27-41-98-92(94)95)103-84(127)70(47-59-28-18-16-19-29-59)108-90(133)76-50-63(120)53-116(76)91(68)134)105-88(131)74(55-117)109-86(129)72(49-61-30-26-40-96-61)107-89(132)75(56-118)110-87(130)73(54-115(3)4)101-79(122)52-100-80(123)57-136-45-44-135-43-42-97-78(121)37-23-15-13-11-9-7-5-6-8-10-12-14-22-36-77-111-113-114-112-77/h16,18-19,24-25,28-30,32-33,40,51,58,63,66-76,99,117-118,120H,5-15,17,20-23,26-27,31,34-39,41-50,52-57H2,1-4H3,(H2,93,124)(H,97,121)(H,100,123)(H,101,122)(H,102,128)(H,103,127)(H,104,126)(H,105,131)(H,106,125)(H,107,132)(H,108,133)(H,109,129)(H,110,130)(H4,94,95,98)(H,111,112,113,114)/t63-,66+,67+,68+,69+,70-,71+,72+,73+,74+,75+,76+/m1/s1. The maximum atomic E-state index is 15.3. The molecule has 44 nitrogen and oxygen atoms in total. The molecule has 0 saturated carbocycles. The van der Waals surface area contributed by atoms with Crippen LogP contribution in [0, 0.1) is 11.3 Å². The first-order valence-electron chi connectivity index (χ1n) is 47.4. The van der Waals surface area contributed by atoms with Gasteiger partial charge in [0.05, 0.1) is 45.7 Å². The maximum absolute atomic E-state index is 15.3. The molecule has 0 bridgehead atoms. The van der Waals surface area contributed by atoms with E-state index in [2.05, 4.69) is 99.7 Å². The van der Waals surface area contributed by atoms with Crippen LogP contribution in [-0.2, 0) is 101 Å². The SMILES string of the molecule is CC(C)C[C@H](NC(=O)[C@H](CO)NC(=O)[C@H](CC1=CCC=N1)NC(=O)[C@H](CO)NC(=O)[C@H](CN(C)C)NC(=O)CNC(=O)COCCOCCNC(=O)CCCCCCCCCCCCCCCc1nnn[nH]1)C(=O)N[C@H]1CCC(=O)CCCCC[C@@H](C(N)=O)NC(=O)[C@H](Cc2c[nH]c3ccccc23)NC(=O)[C@H](CCCNC(=N)N)NC(=O)[C@@H](Cc2ccccc2)NC(=O)[C@@H]2C[C@@H](O)CN2C1=O. The molecule has 0 spiro atoms. The summed E-state index contributed by atoms with van der Waals surface area (Å²) in [5.41, 5.74) is 13.6. The van der Waals surface area contributed by atoms with Crippen molar-refractivity contribution in [3.8, 4) is 0 Å². The number of guanidine groups is 1. The molecular formula is C92H142N24O20. The number of ketones is 1. The third kappa shape index (κ3) is 41.1. The van der Waals surface area contributed by atoms with E-state index in [1.54, 1.807) is 76.6 Å². The number of allylic oxidation sites excluding steroid dienone is 1. The molecule has 136 heavy (non-hydrogen) atoms. The van der Waals surface area contributed by atoms with Crippen molar-refractivity contribution in [1.29, 1.82) is 5.41 Å². The molecule has 12 atom stereocenters. The number of amides is 14. The zero-order valence-corrected chi connectivity index (χ0v) is 78.5. The van der Waals surface area contributed by atoms with Gasteiger partial charge in [0.1, 0.15) is 84.7 Å². The molecule has 2 saturated heterocycles. The van der Waals surface area contributed by atoms with Crippen molar-refractivity contribution in [2.45, 2.75) is 279 Å². The Morgan fingerprint density at radius 2 is 1.22 bits per heavy atom. The Bertz CT molecular complexity index is 4570. The maximum Gasteiger partial charge on any atom is 0.246 e. The molecule has 0 radical (unpaired) electrons. The average Bonchev–Trinajstić information content (AvgIpc) is 1.65. The van der Waals surface area contributed by atoms with Crippen molar-refractivity contribution >= 4 is 112 Å². The van der Waals surface area contributed by atoms with E-state index >= 15 is 14.4 Å². The number of aryl methyl sites for hydroxylation is 1. The number of rotatable bonds is 54. The van der Waals surface area contributed by atoms with Gasteiger partial charge >= 0.3 is 0 Å². The van der Waals surface area contributed by atoms with Crippen LogP contribution in [0.15, 0.2) is 77.6 Å². The minimum absolute atomic E-state index is 0.00364. The number of aliphatic hydroxyl groups excluding tert-OH is 3. The molecule has 0 unspecified atom stereocenters. The lowest BCUT2D eigenvalue weighted by molar-refractivity contribution is -0.143. The van der Waals surface area contributed by atoms with Gasteiger partial charge in [0.2, 0.25) is 82.7 Å². The molecular weight excluding hydrogens is 1760 g/mol. The Kier molecular flexibility index (Phi) is 49.6. The zero-order chi connectivity index (χ0) is 98.7. The Morgan fingerprint density at radius 3 is 1.87 bits per heavy atom. The number of Topliss-reactive ketones (excluding diaryl/α,β-unsaturated/α-hetero) is 1. The third-order valence-corrected chi connectivity index (χ3v) is 23.3. The number of likely N-dealkylation sites (N-methyl/N-ethyl adjacent to an activating group) is 1. The molecule has 7 rings (SSSR count). The van der Waals surface area contributed by atoms with E-state index in [0.29, 0.717) is 42.6 Å². The molecule has 2 fully saturated rings. The van der Waals surface area contributed by atoms with Gasteiger partial charge < -0.3 is 120 Å². The highest BCUT2D eigenvalue weighted by molar-refractivity contribution is 6.01. The number of hydrogen-bond donors (Lipinski definition) is 21. The fourth-order valence-corrected chi connectivity index (χ4v) is 16.0. The second kappa shape index (κ2) is 61.0. The van der Waals surface area contributed by atoms with Crippen LogP contribution in [0.4, 0.5) is 0 Å². The highest BCUT2D eigenvalue weighted by Crippen LogP contribution is 2.25. The van der Waals surface area contributed by atoms with Gasteiger partial charge in [0, 0.05) is 113 Å². The van der Waals surface area contributed by atoms with Crippen molar-refractivity contribution in [3.63, 3.8) is 0 Å². The quantitative estimate of drug-likeness (QED) is 0.0138. The second-order valence-corrected chi connectivity index (χ2v) is 35.3. The molecule has 3 aliphatic rings. The summed E-state index contributed by atoms with van der Waals surface area (Å²) in [7, 11) is 3.17. The number of aromatic nitrogens is 5. The number of nitrogens with two attached hydrogens (primary N) is 2. The summed E-state index contributed by atoms with van der Waals surface area (Å²) in [6, 6.07) is -1.46. The summed E-state index contributed by atoms with van der Waals surface area (Å²) in [6.45, 7) is 0.269. The number of carbonyl (C=O) groups is 15. The van der Waals surface area contributed by atoms with Crippen LogP contribution in [0.2, 0.25) is 0 Å². The predicted molar refractivity (Wildman–Crippen MR) is 501 cm³/mol. The minimum atomic E-state index is -1.87. The number of nitrogens with one attached hydrogen (secondary N) is 16. The molecule has 750 valence electrons. The first kappa shape index (κ1) is 111. The number of aliphatic imine (C=N–C) groups is 1. The van der Waals surface area contributed by atoms with Crippen LogP contribution in [0.1, 0.15) is 204 Å². The Morgan fingerprint density at radius 1 is 0.610 bits per heavy atom. The number of primary amides is 1. The molecule has 23 N–H and O–H groups in total. The van der Waals surface area contributed by atoms with Crippen LogP contribution >= 0.6 is 0 Å². The molecule has 14 amide bonds. The van der Waals surface area contributed by atoms with Gasteiger partial charge in [-0.15, -0.1) is 5.10 Å². The summed E-state index contributed by atoms with van der Waals surface area (Å²) in [6.07, 6.45) is 18.9. The van der Waals surface area contributed by atoms with Crippen molar-refractivity contribution in [2.24, 2.45) is 22.4 Å². The number of para-hydroxylation sites is 1. The van der Waals surface area contributed by atoms with Gasteiger partial charge in [-0.3, -0.25) is 82.3 Å². The first-order chi connectivity index (χ1) is 65.4. The third-order valence-electron chi connectivity index (χ3n) is 23.3. The smallest absolute Gasteiger partial charge is 0.246 e. The van der Waals surface area contributed by atoms with Crippen LogP contribution < -0.4 is 80.6 Å². The number of carbonyl (C=O) groups excluding carboxylic acids is 15. The largest absolute Gasteiger partial charge is 0.394 e. The number of nitrogens with zero attached hydrogens (tertiary/aromatic N) is 6. The molecule has 2 aromatic carbocycles. The monoisotopic (exact) mass is 1900 g/mol. The highest BCUT2D eigenvalue weighted by atomic mass is 16.5. The number of ether oxygens (including phenoxy) is 2. The van der Waals surface area contributed by atoms with E-state index in [0.717, 1.165) is 60.2 Å². The first-order valence-corrected chi connectivity index (χ1v) is 47.4. The average molecular weight is 1900 g/mol. The summed E-state index contributed by atoms with van der Waals surface area (Å²) < 4.78 is 10.9. The Labute approximate surface area is 792 Å². The summed E-state index contributed by atoms with van der Waals surface area (Å²) in [5.74, 6) is -12.6.